The largest absolute Gasteiger partial charge is 0.478 e. The van der Waals surface area contributed by atoms with Crippen molar-refractivity contribution in [3.05, 3.63) is 23.8 Å². The van der Waals surface area contributed by atoms with Crippen LogP contribution in [0.1, 0.15) is 25.3 Å². The minimum absolute atomic E-state index is 0.00211. The molecule has 23 heavy (non-hydrogen) atoms. The van der Waals surface area contributed by atoms with Gasteiger partial charge in [0.15, 0.2) is 6.10 Å². The third kappa shape index (κ3) is 4.22. The molecule has 2 amide bonds. The number of hydrogen-bond acceptors (Lipinski definition) is 4. The molecule has 0 aromatic heterocycles. The van der Waals surface area contributed by atoms with E-state index in [1.807, 2.05) is 32.0 Å². The van der Waals surface area contributed by atoms with Crippen molar-refractivity contribution >= 4 is 17.5 Å². The van der Waals surface area contributed by atoms with Crippen molar-refractivity contribution in [3.8, 4) is 5.75 Å². The number of fused-ring (bicyclic) bond motifs is 1. The van der Waals surface area contributed by atoms with Gasteiger partial charge < -0.3 is 14.8 Å². The Morgan fingerprint density at radius 1 is 1.43 bits per heavy atom. The zero-order valence-electron chi connectivity index (χ0n) is 13.9. The predicted octanol–water partition coefficient (Wildman–Crippen LogP) is 1.65. The van der Waals surface area contributed by atoms with Gasteiger partial charge in [0, 0.05) is 20.3 Å². The Bertz CT molecular complexity index is 574. The molecule has 1 aromatic rings. The molecule has 126 valence electrons. The zero-order chi connectivity index (χ0) is 16.8. The predicted molar refractivity (Wildman–Crippen MR) is 87.7 cm³/mol. The van der Waals surface area contributed by atoms with Crippen LogP contribution in [0.4, 0.5) is 5.69 Å². The highest BCUT2D eigenvalue weighted by molar-refractivity contribution is 6.03. The van der Waals surface area contributed by atoms with E-state index in [0.29, 0.717) is 31.0 Å². The van der Waals surface area contributed by atoms with E-state index in [2.05, 4.69) is 5.32 Å². The summed E-state index contributed by atoms with van der Waals surface area (Å²) in [6.45, 7) is 4.96. The highest BCUT2D eigenvalue weighted by Gasteiger charge is 2.34. The number of anilines is 1. The molecule has 0 saturated carbocycles. The Morgan fingerprint density at radius 2 is 2.22 bits per heavy atom. The molecule has 0 spiro atoms. The minimum atomic E-state index is -0.536. The van der Waals surface area contributed by atoms with E-state index in [-0.39, 0.29) is 18.4 Å². The summed E-state index contributed by atoms with van der Waals surface area (Å²) in [6, 6.07) is 5.66. The number of rotatable bonds is 7. The van der Waals surface area contributed by atoms with Crippen LogP contribution in [0.2, 0.25) is 0 Å². The summed E-state index contributed by atoms with van der Waals surface area (Å²) in [4.78, 5) is 26.2. The Balaban J connectivity index is 2.11. The molecule has 0 fully saturated rings. The van der Waals surface area contributed by atoms with Crippen molar-refractivity contribution in [1.82, 2.24) is 5.32 Å². The topological polar surface area (TPSA) is 67.9 Å². The summed E-state index contributed by atoms with van der Waals surface area (Å²) in [5.41, 5.74) is 1.67. The van der Waals surface area contributed by atoms with Crippen LogP contribution in [0, 0.1) is 6.92 Å². The molecule has 0 aliphatic carbocycles. The quantitative estimate of drug-likeness (QED) is 0.776. The Kier molecular flexibility index (Phi) is 5.98. The first-order chi connectivity index (χ1) is 11.1. The summed E-state index contributed by atoms with van der Waals surface area (Å²) in [5.74, 6) is 0.297. The second-order valence-electron chi connectivity index (χ2n) is 5.61. The van der Waals surface area contributed by atoms with E-state index in [0.717, 1.165) is 12.0 Å². The SMILES string of the molecule is CCC1Oc2ccc(C)cc2N(CC(=O)NCCCOC)C1=O. The average molecular weight is 320 g/mol. The molecular weight excluding hydrogens is 296 g/mol. The molecule has 6 nitrogen and oxygen atoms in total. The molecule has 6 heteroatoms. The standard InChI is InChI=1S/C17H24N2O4/c1-4-14-17(21)19(11-16(20)18-8-5-9-22-3)13-10-12(2)6-7-15(13)23-14/h6-7,10,14H,4-5,8-9,11H2,1-3H3,(H,18,20). The lowest BCUT2D eigenvalue weighted by Gasteiger charge is -2.33. The number of amides is 2. The van der Waals surface area contributed by atoms with E-state index < -0.39 is 6.10 Å². The lowest BCUT2D eigenvalue weighted by molar-refractivity contribution is -0.129. The van der Waals surface area contributed by atoms with Gasteiger partial charge in [-0.05, 0) is 37.5 Å². The van der Waals surface area contributed by atoms with Crippen molar-refractivity contribution in [1.29, 1.82) is 0 Å². The molecule has 0 radical (unpaired) electrons. The molecule has 1 aliphatic rings. The van der Waals surface area contributed by atoms with Gasteiger partial charge in [0.1, 0.15) is 12.3 Å². The van der Waals surface area contributed by atoms with Gasteiger partial charge in [-0.1, -0.05) is 13.0 Å². The van der Waals surface area contributed by atoms with Crippen molar-refractivity contribution in [2.24, 2.45) is 0 Å². The third-order valence-electron chi connectivity index (χ3n) is 3.74. The van der Waals surface area contributed by atoms with Gasteiger partial charge in [0.05, 0.1) is 5.69 Å². The molecular formula is C17H24N2O4. The van der Waals surface area contributed by atoms with E-state index in [9.17, 15) is 9.59 Å². The van der Waals surface area contributed by atoms with Crippen molar-refractivity contribution in [3.63, 3.8) is 0 Å². The molecule has 1 atom stereocenters. The van der Waals surface area contributed by atoms with Crippen LogP contribution in [0.15, 0.2) is 18.2 Å². The first-order valence-corrected chi connectivity index (χ1v) is 7.91. The summed E-state index contributed by atoms with van der Waals surface area (Å²) in [7, 11) is 1.62. The number of hydrogen-bond donors (Lipinski definition) is 1. The van der Waals surface area contributed by atoms with Crippen LogP contribution in [0.3, 0.4) is 0 Å². The number of nitrogens with zero attached hydrogens (tertiary/aromatic N) is 1. The molecule has 1 unspecified atom stereocenters. The lowest BCUT2D eigenvalue weighted by atomic mass is 10.1. The normalized spacial score (nSPS) is 16.7. The van der Waals surface area contributed by atoms with Gasteiger partial charge in [-0.3, -0.25) is 14.5 Å². The summed E-state index contributed by atoms with van der Waals surface area (Å²) < 4.78 is 10.7. The number of methoxy groups -OCH3 is 1. The van der Waals surface area contributed by atoms with Crippen LogP contribution >= 0.6 is 0 Å². The summed E-state index contributed by atoms with van der Waals surface area (Å²) >= 11 is 0. The van der Waals surface area contributed by atoms with Gasteiger partial charge >= 0.3 is 0 Å². The van der Waals surface area contributed by atoms with E-state index in [1.165, 1.54) is 4.90 Å². The molecule has 1 aliphatic heterocycles. The highest BCUT2D eigenvalue weighted by Crippen LogP contribution is 2.35. The molecule has 1 N–H and O–H groups in total. The van der Waals surface area contributed by atoms with Crippen molar-refractivity contribution in [2.75, 3.05) is 31.7 Å². The minimum Gasteiger partial charge on any atom is -0.478 e. The maximum atomic E-state index is 12.5. The zero-order valence-corrected chi connectivity index (χ0v) is 13.9. The van der Waals surface area contributed by atoms with Crippen LogP contribution < -0.4 is 15.0 Å². The Hall–Kier alpha value is -2.08. The van der Waals surface area contributed by atoms with Gasteiger partial charge in [-0.25, -0.2) is 0 Å². The van der Waals surface area contributed by atoms with Gasteiger partial charge in [-0.2, -0.15) is 0 Å². The van der Waals surface area contributed by atoms with Crippen molar-refractivity contribution < 1.29 is 19.1 Å². The number of nitrogens with one attached hydrogen (secondary N) is 1. The molecule has 0 bridgehead atoms. The molecule has 1 heterocycles. The maximum Gasteiger partial charge on any atom is 0.268 e. The van der Waals surface area contributed by atoms with E-state index in [4.69, 9.17) is 9.47 Å². The lowest BCUT2D eigenvalue weighted by Crippen LogP contribution is -2.49. The van der Waals surface area contributed by atoms with E-state index in [1.54, 1.807) is 7.11 Å². The van der Waals surface area contributed by atoms with Crippen LogP contribution in [-0.4, -0.2) is 44.7 Å². The monoisotopic (exact) mass is 320 g/mol. The van der Waals surface area contributed by atoms with E-state index >= 15 is 0 Å². The Morgan fingerprint density at radius 3 is 2.91 bits per heavy atom. The van der Waals surface area contributed by atoms with Gasteiger partial charge in [-0.15, -0.1) is 0 Å². The van der Waals surface area contributed by atoms with Gasteiger partial charge in [0.25, 0.3) is 5.91 Å². The fourth-order valence-electron chi connectivity index (χ4n) is 2.50. The second kappa shape index (κ2) is 7.97. The third-order valence-corrected chi connectivity index (χ3v) is 3.74. The maximum absolute atomic E-state index is 12.5. The summed E-state index contributed by atoms with van der Waals surface area (Å²) in [5, 5.41) is 2.81. The number of benzene rings is 1. The number of carbonyl (C=O) groups excluding carboxylic acids is 2. The number of aryl methyl sites for hydroxylation is 1. The average Bonchev–Trinajstić information content (AvgIpc) is 2.54. The first-order valence-electron chi connectivity index (χ1n) is 7.91. The van der Waals surface area contributed by atoms with Crippen LogP contribution in [0.25, 0.3) is 0 Å². The molecule has 1 aromatic carbocycles. The van der Waals surface area contributed by atoms with Crippen LogP contribution in [-0.2, 0) is 14.3 Å². The first kappa shape index (κ1) is 17.3. The fraction of sp³-hybridized carbons (Fsp3) is 0.529. The summed E-state index contributed by atoms with van der Waals surface area (Å²) in [6.07, 6.45) is 0.775. The number of carbonyl (C=O) groups is 2. The van der Waals surface area contributed by atoms with Crippen molar-refractivity contribution in [2.45, 2.75) is 32.8 Å². The Labute approximate surface area is 136 Å². The van der Waals surface area contributed by atoms with Crippen LogP contribution in [0.5, 0.6) is 5.75 Å². The second-order valence-corrected chi connectivity index (χ2v) is 5.61. The number of ether oxygens (including phenoxy) is 2. The highest BCUT2D eigenvalue weighted by atomic mass is 16.5. The fourth-order valence-corrected chi connectivity index (χ4v) is 2.50. The molecule has 2 rings (SSSR count). The smallest absolute Gasteiger partial charge is 0.268 e. The van der Waals surface area contributed by atoms with Gasteiger partial charge in [0.2, 0.25) is 5.91 Å². The molecule has 0 saturated heterocycles.